The number of rotatable bonds is 14. The van der Waals surface area contributed by atoms with E-state index in [-0.39, 0.29) is 25.2 Å². The Morgan fingerprint density at radius 3 is 2.00 bits per heavy atom. The molecule has 0 saturated heterocycles. The Bertz CT molecular complexity index is 1210. The summed E-state index contributed by atoms with van der Waals surface area (Å²) in [6, 6.07) is 21.6. The number of carbonyl (C=O) groups excluding carboxylic acids is 1. The lowest BCUT2D eigenvalue weighted by Gasteiger charge is -2.23. The number of aryl methyl sites for hydroxylation is 2. The number of aliphatic hydroxyl groups is 3. The van der Waals surface area contributed by atoms with Crippen molar-refractivity contribution >= 4 is 5.97 Å². The minimum Gasteiger partial charge on any atom is -0.508 e. The molecule has 0 heterocycles. The fourth-order valence-electron chi connectivity index (χ4n) is 4.81. The number of benzene rings is 3. The summed E-state index contributed by atoms with van der Waals surface area (Å²) in [5, 5.41) is 41.3. The largest absolute Gasteiger partial charge is 0.508 e. The van der Waals surface area contributed by atoms with Crippen molar-refractivity contribution in [2.75, 3.05) is 6.61 Å². The quantitative estimate of drug-likeness (QED) is 0.154. The highest BCUT2D eigenvalue weighted by molar-refractivity contribution is 5.74. The van der Waals surface area contributed by atoms with E-state index in [1.165, 1.54) is 6.08 Å². The van der Waals surface area contributed by atoms with Crippen LogP contribution in [0.25, 0.3) is 0 Å². The SMILES string of the molecule is Cc1cc(O)cc(C)c1CC(N)C(O)CC=CC(O)C(Cc1ccccc1)C(=O)OC(CO)Cc1ccccc1. The van der Waals surface area contributed by atoms with Crippen LogP contribution in [0.15, 0.2) is 84.9 Å². The molecule has 3 aromatic carbocycles. The van der Waals surface area contributed by atoms with Gasteiger partial charge in [0.05, 0.1) is 24.7 Å². The van der Waals surface area contributed by atoms with E-state index in [1.807, 2.05) is 74.5 Å². The Hall–Kier alpha value is -3.49. The predicted octanol–water partition coefficient (Wildman–Crippen LogP) is 3.55. The number of nitrogens with two attached hydrogens (primary N) is 1. The molecular weight excluding hydrogens is 506 g/mol. The van der Waals surface area contributed by atoms with Crippen molar-refractivity contribution in [3.05, 3.63) is 113 Å². The van der Waals surface area contributed by atoms with Crippen LogP contribution in [0.3, 0.4) is 0 Å². The second-order valence-corrected chi connectivity index (χ2v) is 10.4. The van der Waals surface area contributed by atoms with Crippen molar-refractivity contribution in [1.82, 2.24) is 0 Å². The van der Waals surface area contributed by atoms with Crippen LogP contribution >= 0.6 is 0 Å². The lowest BCUT2D eigenvalue weighted by Crippen LogP contribution is -2.37. The average Bonchev–Trinajstić information content (AvgIpc) is 2.94. The molecule has 0 bridgehead atoms. The van der Waals surface area contributed by atoms with Gasteiger partial charge in [0.1, 0.15) is 11.9 Å². The van der Waals surface area contributed by atoms with E-state index in [0.29, 0.717) is 12.8 Å². The summed E-state index contributed by atoms with van der Waals surface area (Å²) in [4.78, 5) is 13.2. The van der Waals surface area contributed by atoms with Gasteiger partial charge < -0.3 is 30.9 Å². The van der Waals surface area contributed by atoms with Gasteiger partial charge in [-0.3, -0.25) is 4.79 Å². The highest BCUT2D eigenvalue weighted by Gasteiger charge is 2.29. The van der Waals surface area contributed by atoms with Gasteiger partial charge in [-0.05, 0) is 73.1 Å². The van der Waals surface area contributed by atoms with Gasteiger partial charge in [0, 0.05) is 12.5 Å². The van der Waals surface area contributed by atoms with Crippen LogP contribution in [0.4, 0.5) is 0 Å². The third kappa shape index (κ3) is 9.31. The number of phenols is 1. The molecule has 40 heavy (non-hydrogen) atoms. The van der Waals surface area contributed by atoms with Crippen molar-refractivity contribution in [1.29, 1.82) is 0 Å². The number of aliphatic hydroxyl groups excluding tert-OH is 3. The molecule has 5 unspecified atom stereocenters. The fraction of sp³-hybridized carbons (Fsp3) is 0.364. The van der Waals surface area contributed by atoms with E-state index < -0.39 is 36.2 Å². The van der Waals surface area contributed by atoms with Crippen molar-refractivity contribution in [2.24, 2.45) is 11.7 Å². The zero-order chi connectivity index (χ0) is 29.1. The molecule has 3 rings (SSSR count). The Morgan fingerprint density at radius 1 is 0.900 bits per heavy atom. The lowest BCUT2D eigenvalue weighted by atomic mass is 9.92. The van der Waals surface area contributed by atoms with Crippen molar-refractivity contribution < 1.29 is 30.0 Å². The van der Waals surface area contributed by atoms with Crippen LogP contribution in [0, 0.1) is 19.8 Å². The number of phenolic OH excluding ortho intramolecular Hbond substituents is 1. The molecule has 7 heteroatoms. The highest BCUT2D eigenvalue weighted by atomic mass is 16.6. The molecule has 0 radical (unpaired) electrons. The molecule has 0 fully saturated rings. The van der Waals surface area contributed by atoms with E-state index in [0.717, 1.165) is 27.8 Å². The topological polar surface area (TPSA) is 133 Å². The Kier molecular flexibility index (Phi) is 11.9. The van der Waals surface area contributed by atoms with Gasteiger partial charge >= 0.3 is 5.97 Å². The summed E-state index contributed by atoms with van der Waals surface area (Å²) in [6.45, 7) is 3.45. The average molecular weight is 548 g/mol. The van der Waals surface area contributed by atoms with Crippen LogP contribution in [0.1, 0.15) is 34.2 Å². The smallest absolute Gasteiger partial charge is 0.312 e. The minimum atomic E-state index is -1.17. The zero-order valence-electron chi connectivity index (χ0n) is 23.2. The molecule has 6 N–H and O–H groups in total. The fourth-order valence-corrected chi connectivity index (χ4v) is 4.81. The van der Waals surface area contributed by atoms with E-state index in [9.17, 15) is 25.2 Å². The molecule has 0 aliphatic carbocycles. The van der Waals surface area contributed by atoms with Crippen molar-refractivity contribution in [3.8, 4) is 5.75 Å². The minimum absolute atomic E-state index is 0.189. The second kappa shape index (κ2) is 15.3. The number of hydrogen-bond donors (Lipinski definition) is 5. The molecule has 0 spiro atoms. The third-order valence-electron chi connectivity index (χ3n) is 7.13. The van der Waals surface area contributed by atoms with Crippen LogP contribution in [-0.2, 0) is 28.8 Å². The maximum absolute atomic E-state index is 13.2. The van der Waals surface area contributed by atoms with Gasteiger partial charge in [0.15, 0.2) is 0 Å². The number of aromatic hydroxyl groups is 1. The summed E-state index contributed by atoms with van der Waals surface area (Å²) < 4.78 is 5.65. The van der Waals surface area contributed by atoms with Crippen molar-refractivity contribution in [2.45, 2.75) is 63.9 Å². The molecule has 5 atom stereocenters. The molecule has 3 aromatic rings. The van der Waals surface area contributed by atoms with E-state index in [1.54, 1.807) is 18.2 Å². The van der Waals surface area contributed by atoms with Crippen molar-refractivity contribution in [3.63, 3.8) is 0 Å². The molecule has 0 aromatic heterocycles. The van der Waals surface area contributed by atoms with Gasteiger partial charge in [-0.2, -0.15) is 0 Å². The Labute approximate surface area is 236 Å². The first-order chi connectivity index (χ1) is 19.2. The number of hydrogen-bond acceptors (Lipinski definition) is 7. The zero-order valence-corrected chi connectivity index (χ0v) is 23.2. The van der Waals surface area contributed by atoms with Gasteiger partial charge in [0.2, 0.25) is 0 Å². The van der Waals surface area contributed by atoms with Gasteiger partial charge in [-0.1, -0.05) is 72.8 Å². The van der Waals surface area contributed by atoms with Crippen LogP contribution in [-0.4, -0.2) is 57.4 Å². The monoisotopic (exact) mass is 547 g/mol. The summed E-state index contributed by atoms with van der Waals surface area (Å²) in [5.74, 6) is -1.32. The molecule has 7 nitrogen and oxygen atoms in total. The van der Waals surface area contributed by atoms with E-state index >= 15 is 0 Å². The summed E-state index contributed by atoms with van der Waals surface area (Å²) in [6.07, 6.45) is 1.56. The summed E-state index contributed by atoms with van der Waals surface area (Å²) >= 11 is 0. The normalized spacial score (nSPS) is 15.3. The van der Waals surface area contributed by atoms with Gasteiger partial charge in [-0.15, -0.1) is 0 Å². The van der Waals surface area contributed by atoms with Crippen LogP contribution in [0.2, 0.25) is 0 Å². The highest BCUT2D eigenvalue weighted by Crippen LogP contribution is 2.23. The number of carbonyl (C=O) groups is 1. The predicted molar refractivity (Wildman–Crippen MR) is 156 cm³/mol. The Morgan fingerprint density at radius 2 is 1.45 bits per heavy atom. The van der Waals surface area contributed by atoms with Crippen LogP contribution < -0.4 is 5.73 Å². The standard InChI is InChI=1S/C33H41NO6/c1-22-16-26(36)17-23(2)28(22)20-30(34)32(38)15-9-14-31(37)29(19-25-12-7-4-8-13-25)33(39)40-27(21-35)18-24-10-5-3-6-11-24/h3-14,16-17,27,29-32,35-38H,15,18-21,34H2,1-2H3. The first-order valence-electron chi connectivity index (χ1n) is 13.6. The molecule has 214 valence electrons. The maximum atomic E-state index is 13.2. The van der Waals surface area contributed by atoms with E-state index in [4.69, 9.17) is 10.5 Å². The van der Waals surface area contributed by atoms with Gasteiger partial charge in [-0.25, -0.2) is 0 Å². The first kappa shape index (κ1) is 31.0. The van der Waals surface area contributed by atoms with E-state index in [2.05, 4.69) is 0 Å². The maximum Gasteiger partial charge on any atom is 0.312 e. The molecule has 0 aliphatic heterocycles. The third-order valence-corrected chi connectivity index (χ3v) is 7.13. The first-order valence-corrected chi connectivity index (χ1v) is 13.6. The number of esters is 1. The summed E-state index contributed by atoms with van der Waals surface area (Å²) in [5.41, 5.74) is 10.9. The lowest BCUT2D eigenvalue weighted by molar-refractivity contribution is -0.159. The second-order valence-electron chi connectivity index (χ2n) is 10.4. The molecular formula is C33H41NO6. The molecule has 0 amide bonds. The Balaban J connectivity index is 1.65. The van der Waals surface area contributed by atoms with Gasteiger partial charge in [0.25, 0.3) is 0 Å². The summed E-state index contributed by atoms with van der Waals surface area (Å²) in [7, 11) is 0. The molecule has 0 aliphatic rings. The number of ether oxygens (including phenoxy) is 1. The van der Waals surface area contributed by atoms with Crippen LogP contribution in [0.5, 0.6) is 5.75 Å². The molecule has 0 saturated carbocycles.